The number of ether oxygens (including phenoxy) is 1. The van der Waals surface area contributed by atoms with Crippen LogP contribution in [0.2, 0.25) is 0 Å². The van der Waals surface area contributed by atoms with Crippen molar-refractivity contribution in [2.24, 2.45) is 5.73 Å². The highest BCUT2D eigenvalue weighted by Crippen LogP contribution is 2.29. The highest BCUT2D eigenvalue weighted by molar-refractivity contribution is 5.29. The smallest absolute Gasteiger partial charge is 0.416 e. The van der Waals surface area contributed by atoms with Crippen LogP contribution in [-0.2, 0) is 12.8 Å². The summed E-state index contributed by atoms with van der Waals surface area (Å²) in [6, 6.07) is 12.2. The Kier molecular flexibility index (Phi) is 4.53. The number of benzene rings is 2. The van der Waals surface area contributed by atoms with Gasteiger partial charge < -0.3 is 10.5 Å². The molecule has 0 aliphatic rings. The zero-order valence-electron chi connectivity index (χ0n) is 11.5. The Hall–Kier alpha value is -2.01. The number of rotatable bonds is 4. The lowest BCUT2D eigenvalue weighted by molar-refractivity contribution is -0.137. The van der Waals surface area contributed by atoms with E-state index < -0.39 is 11.7 Å². The second-order valence-electron chi connectivity index (χ2n) is 4.84. The minimum absolute atomic E-state index is 0.0473. The number of hydrogen-bond donors (Lipinski definition) is 1. The molecule has 0 saturated carbocycles. The van der Waals surface area contributed by atoms with Crippen LogP contribution in [0.3, 0.4) is 0 Å². The third kappa shape index (κ3) is 4.23. The van der Waals surface area contributed by atoms with E-state index in [1.165, 1.54) is 12.1 Å². The molecule has 0 aromatic heterocycles. The summed E-state index contributed by atoms with van der Waals surface area (Å²) in [7, 11) is 0. The quantitative estimate of drug-likeness (QED) is 0.912. The summed E-state index contributed by atoms with van der Waals surface area (Å²) in [4.78, 5) is 0. The van der Waals surface area contributed by atoms with Crippen molar-refractivity contribution in [1.82, 2.24) is 0 Å². The Morgan fingerprint density at radius 3 is 2.05 bits per heavy atom. The maximum atomic E-state index is 12.4. The normalized spacial score (nSPS) is 13.0. The SMILES string of the molecule is CC(N)c1ccc(OCc2ccc(C(F)(F)F)cc2)cc1. The lowest BCUT2D eigenvalue weighted by atomic mass is 10.1. The van der Waals surface area contributed by atoms with Crippen molar-refractivity contribution in [1.29, 1.82) is 0 Å². The Bertz CT molecular complexity index is 574. The lowest BCUT2D eigenvalue weighted by Crippen LogP contribution is -2.05. The van der Waals surface area contributed by atoms with E-state index in [0.29, 0.717) is 11.3 Å². The average Bonchev–Trinajstić information content (AvgIpc) is 2.45. The summed E-state index contributed by atoms with van der Waals surface area (Å²) in [6.07, 6.45) is -4.31. The molecular weight excluding hydrogens is 279 g/mol. The van der Waals surface area contributed by atoms with Crippen LogP contribution < -0.4 is 10.5 Å². The molecule has 0 heterocycles. The van der Waals surface area contributed by atoms with Crippen LogP contribution in [0.15, 0.2) is 48.5 Å². The molecule has 0 amide bonds. The van der Waals surface area contributed by atoms with Gasteiger partial charge in [-0.1, -0.05) is 24.3 Å². The molecule has 0 fully saturated rings. The van der Waals surface area contributed by atoms with E-state index >= 15 is 0 Å². The van der Waals surface area contributed by atoms with Crippen LogP contribution in [0.5, 0.6) is 5.75 Å². The third-order valence-corrected chi connectivity index (χ3v) is 3.09. The predicted molar refractivity (Wildman–Crippen MR) is 74.8 cm³/mol. The Balaban J connectivity index is 1.96. The molecule has 2 aromatic carbocycles. The van der Waals surface area contributed by atoms with Crippen molar-refractivity contribution in [3.05, 3.63) is 65.2 Å². The summed E-state index contributed by atoms with van der Waals surface area (Å²) < 4.78 is 42.8. The van der Waals surface area contributed by atoms with Gasteiger partial charge in [0.15, 0.2) is 0 Å². The summed E-state index contributed by atoms with van der Waals surface area (Å²) in [5.74, 6) is 0.652. The van der Waals surface area contributed by atoms with Gasteiger partial charge in [0.1, 0.15) is 12.4 Å². The fourth-order valence-corrected chi connectivity index (χ4v) is 1.82. The molecule has 112 valence electrons. The fourth-order valence-electron chi connectivity index (χ4n) is 1.82. The molecule has 21 heavy (non-hydrogen) atoms. The van der Waals surface area contributed by atoms with Gasteiger partial charge in [0, 0.05) is 6.04 Å². The number of halogens is 3. The fraction of sp³-hybridized carbons (Fsp3) is 0.250. The van der Waals surface area contributed by atoms with Crippen LogP contribution in [0, 0.1) is 0 Å². The molecule has 2 N–H and O–H groups in total. The minimum atomic E-state index is -4.31. The molecule has 1 unspecified atom stereocenters. The first-order chi connectivity index (χ1) is 9.86. The lowest BCUT2D eigenvalue weighted by Gasteiger charge is -2.10. The van der Waals surface area contributed by atoms with Gasteiger partial charge >= 0.3 is 6.18 Å². The van der Waals surface area contributed by atoms with Crippen molar-refractivity contribution in [3.8, 4) is 5.75 Å². The van der Waals surface area contributed by atoms with Gasteiger partial charge in [-0.3, -0.25) is 0 Å². The van der Waals surface area contributed by atoms with E-state index in [9.17, 15) is 13.2 Å². The maximum absolute atomic E-state index is 12.4. The average molecular weight is 295 g/mol. The largest absolute Gasteiger partial charge is 0.489 e. The molecule has 0 bridgehead atoms. The van der Waals surface area contributed by atoms with E-state index in [0.717, 1.165) is 17.7 Å². The van der Waals surface area contributed by atoms with E-state index in [2.05, 4.69) is 0 Å². The van der Waals surface area contributed by atoms with E-state index in [4.69, 9.17) is 10.5 Å². The van der Waals surface area contributed by atoms with Gasteiger partial charge in [-0.2, -0.15) is 13.2 Å². The third-order valence-electron chi connectivity index (χ3n) is 3.09. The van der Waals surface area contributed by atoms with E-state index in [-0.39, 0.29) is 12.6 Å². The van der Waals surface area contributed by atoms with Crippen molar-refractivity contribution < 1.29 is 17.9 Å². The van der Waals surface area contributed by atoms with Crippen molar-refractivity contribution in [3.63, 3.8) is 0 Å². The highest BCUT2D eigenvalue weighted by Gasteiger charge is 2.29. The van der Waals surface area contributed by atoms with Crippen LogP contribution >= 0.6 is 0 Å². The van der Waals surface area contributed by atoms with Crippen molar-refractivity contribution in [2.45, 2.75) is 25.7 Å². The van der Waals surface area contributed by atoms with Crippen molar-refractivity contribution in [2.75, 3.05) is 0 Å². The second kappa shape index (κ2) is 6.18. The molecular formula is C16H16F3NO. The monoisotopic (exact) mass is 295 g/mol. The van der Waals surface area contributed by atoms with Crippen molar-refractivity contribution >= 4 is 0 Å². The van der Waals surface area contributed by atoms with Gasteiger partial charge in [0.25, 0.3) is 0 Å². The molecule has 5 heteroatoms. The topological polar surface area (TPSA) is 35.2 Å². The first-order valence-corrected chi connectivity index (χ1v) is 6.51. The second-order valence-corrected chi connectivity index (χ2v) is 4.84. The first kappa shape index (κ1) is 15.4. The van der Waals surface area contributed by atoms with E-state index in [1.807, 2.05) is 19.1 Å². The number of alkyl halides is 3. The molecule has 2 rings (SSSR count). The molecule has 2 aromatic rings. The Labute approximate surface area is 121 Å². The molecule has 0 saturated heterocycles. The van der Waals surface area contributed by atoms with Crippen LogP contribution in [0.25, 0.3) is 0 Å². The molecule has 0 radical (unpaired) electrons. The maximum Gasteiger partial charge on any atom is 0.416 e. The zero-order chi connectivity index (χ0) is 15.5. The van der Waals surface area contributed by atoms with Gasteiger partial charge in [-0.15, -0.1) is 0 Å². The van der Waals surface area contributed by atoms with Crippen LogP contribution in [0.4, 0.5) is 13.2 Å². The summed E-state index contributed by atoms with van der Waals surface area (Å²) in [5.41, 5.74) is 6.76. The number of hydrogen-bond acceptors (Lipinski definition) is 2. The predicted octanol–water partition coefficient (Wildman–Crippen LogP) is 4.30. The van der Waals surface area contributed by atoms with Gasteiger partial charge in [-0.05, 0) is 42.3 Å². The van der Waals surface area contributed by atoms with Gasteiger partial charge in [0.2, 0.25) is 0 Å². The molecule has 0 aliphatic heterocycles. The molecule has 2 nitrogen and oxygen atoms in total. The Morgan fingerprint density at radius 2 is 1.57 bits per heavy atom. The number of nitrogens with two attached hydrogens (primary N) is 1. The zero-order valence-corrected chi connectivity index (χ0v) is 11.5. The molecule has 0 spiro atoms. The molecule has 0 aliphatic carbocycles. The standard InChI is InChI=1S/C16H16F3NO/c1-11(20)13-4-8-15(9-5-13)21-10-12-2-6-14(7-3-12)16(17,18)19/h2-9,11H,10,20H2,1H3. The summed E-state index contributed by atoms with van der Waals surface area (Å²) >= 11 is 0. The van der Waals surface area contributed by atoms with Gasteiger partial charge in [-0.25, -0.2) is 0 Å². The first-order valence-electron chi connectivity index (χ1n) is 6.51. The van der Waals surface area contributed by atoms with Gasteiger partial charge in [0.05, 0.1) is 5.56 Å². The Morgan fingerprint density at radius 1 is 1.00 bits per heavy atom. The summed E-state index contributed by atoms with van der Waals surface area (Å²) in [6.45, 7) is 2.10. The summed E-state index contributed by atoms with van der Waals surface area (Å²) in [5, 5.41) is 0. The molecule has 1 atom stereocenters. The van der Waals surface area contributed by atoms with E-state index in [1.54, 1.807) is 12.1 Å². The van der Waals surface area contributed by atoms with Crippen LogP contribution in [-0.4, -0.2) is 0 Å². The highest BCUT2D eigenvalue weighted by atomic mass is 19.4. The van der Waals surface area contributed by atoms with Crippen LogP contribution in [0.1, 0.15) is 29.7 Å². The minimum Gasteiger partial charge on any atom is -0.489 e.